The van der Waals surface area contributed by atoms with E-state index in [4.69, 9.17) is 9.47 Å². The molecule has 0 aliphatic carbocycles. The Kier molecular flexibility index (Phi) is 8.47. The van der Waals surface area contributed by atoms with Crippen LogP contribution in [-0.4, -0.2) is 100 Å². The van der Waals surface area contributed by atoms with Crippen molar-refractivity contribution < 1.29 is 35.8 Å². The standard InChI is InChI=1S/C21H25F6N9O2/c1-34-4-6-35(7-5-34)19-31-16-14(10-38-12-21(25,26)27)33-36(8-9-37-11-20(22,23)24)17(16)18(32-19)30-15-2-3-28-13-29-15/h2-3,13H,4-12H2,1H3,(H,28,29,30,31,32). The number of aromatic nitrogens is 6. The zero-order chi connectivity index (χ0) is 27.3. The van der Waals surface area contributed by atoms with E-state index in [1.54, 1.807) is 6.07 Å². The van der Waals surface area contributed by atoms with Gasteiger partial charge in [0, 0.05) is 32.4 Å². The molecule has 1 aliphatic rings. The van der Waals surface area contributed by atoms with Crippen LogP contribution in [0.4, 0.5) is 43.9 Å². The predicted octanol–water partition coefficient (Wildman–Crippen LogP) is 2.77. The number of likely N-dealkylation sites (N-methyl/N-ethyl adjacent to an activating group) is 1. The summed E-state index contributed by atoms with van der Waals surface area (Å²) in [5.74, 6) is 0.889. The molecule has 11 nitrogen and oxygen atoms in total. The van der Waals surface area contributed by atoms with Gasteiger partial charge in [0.1, 0.15) is 42.1 Å². The highest BCUT2D eigenvalue weighted by molar-refractivity contribution is 5.90. The quantitative estimate of drug-likeness (QED) is 0.300. The summed E-state index contributed by atoms with van der Waals surface area (Å²) in [6.45, 7) is -1.31. The molecule has 0 atom stereocenters. The highest BCUT2D eigenvalue weighted by atomic mass is 19.4. The molecule has 208 valence electrons. The first-order valence-corrected chi connectivity index (χ1v) is 11.5. The minimum atomic E-state index is -4.55. The molecule has 4 heterocycles. The van der Waals surface area contributed by atoms with E-state index in [2.05, 4.69) is 35.3 Å². The van der Waals surface area contributed by atoms with Gasteiger partial charge in [-0.2, -0.15) is 36.4 Å². The fraction of sp³-hybridized carbons (Fsp3) is 0.571. The van der Waals surface area contributed by atoms with Gasteiger partial charge in [0.25, 0.3) is 0 Å². The highest BCUT2D eigenvalue weighted by Gasteiger charge is 2.29. The number of ether oxygens (including phenoxy) is 2. The van der Waals surface area contributed by atoms with Crippen molar-refractivity contribution >= 4 is 28.6 Å². The van der Waals surface area contributed by atoms with Gasteiger partial charge in [0.2, 0.25) is 5.95 Å². The van der Waals surface area contributed by atoms with E-state index in [-0.39, 0.29) is 35.7 Å². The van der Waals surface area contributed by atoms with Crippen LogP contribution in [0.1, 0.15) is 5.69 Å². The second-order valence-electron chi connectivity index (χ2n) is 8.52. The van der Waals surface area contributed by atoms with Crippen LogP contribution in [0.3, 0.4) is 0 Å². The normalized spacial score (nSPS) is 15.4. The van der Waals surface area contributed by atoms with Crippen molar-refractivity contribution in [2.75, 3.05) is 63.3 Å². The summed E-state index contributed by atoms with van der Waals surface area (Å²) < 4.78 is 86.5. The second kappa shape index (κ2) is 11.6. The molecular weight excluding hydrogens is 524 g/mol. The van der Waals surface area contributed by atoms with Crippen LogP contribution in [0.25, 0.3) is 11.0 Å². The molecule has 17 heteroatoms. The van der Waals surface area contributed by atoms with E-state index in [1.807, 2.05) is 11.9 Å². The summed E-state index contributed by atoms with van der Waals surface area (Å²) in [7, 11) is 1.98. The monoisotopic (exact) mass is 549 g/mol. The number of alkyl halides is 6. The molecule has 3 aromatic heterocycles. The number of nitrogens with one attached hydrogen (secondary N) is 1. The van der Waals surface area contributed by atoms with Crippen LogP contribution < -0.4 is 10.2 Å². The molecular formula is C21H25F6N9O2. The molecule has 0 aromatic carbocycles. The van der Waals surface area contributed by atoms with Gasteiger partial charge in [-0.05, 0) is 13.1 Å². The van der Waals surface area contributed by atoms with Gasteiger partial charge in [0.05, 0.1) is 19.8 Å². The fourth-order valence-corrected chi connectivity index (χ4v) is 3.71. The Morgan fingerprint density at radius 1 is 0.974 bits per heavy atom. The lowest BCUT2D eigenvalue weighted by atomic mass is 10.3. The second-order valence-corrected chi connectivity index (χ2v) is 8.52. The smallest absolute Gasteiger partial charge is 0.370 e. The van der Waals surface area contributed by atoms with Gasteiger partial charge in [0.15, 0.2) is 5.82 Å². The van der Waals surface area contributed by atoms with E-state index >= 15 is 0 Å². The molecule has 0 amide bonds. The molecule has 0 radical (unpaired) electrons. The number of halogens is 6. The number of hydrogen-bond acceptors (Lipinski definition) is 10. The number of rotatable bonds is 10. The minimum Gasteiger partial charge on any atom is -0.370 e. The van der Waals surface area contributed by atoms with Crippen LogP contribution in [0.15, 0.2) is 18.6 Å². The maximum atomic E-state index is 12.7. The molecule has 1 aliphatic heterocycles. The molecule has 1 N–H and O–H groups in total. The lowest BCUT2D eigenvalue weighted by molar-refractivity contribution is -0.177. The van der Waals surface area contributed by atoms with Gasteiger partial charge in [-0.15, -0.1) is 0 Å². The molecule has 1 fully saturated rings. The van der Waals surface area contributed by atoms with Gasteiger partial charge >= 0.3 is 12.4 Å². The Balaban J connectivity index is 1.73. The molecule has 1 saturated heterocycles. The zero-order valence-corrected chi connectivity index (χ0v) is 20.3. The highest BCUT2D eigenvalue weighted by Crippen LogP contribution is 2.29. The fourth-order valence-electron chi connectivity index (χ4n) is 3.71. The summed E-state index contributed by atoms with van der Waals surface area (Å²) in [6.07, 6.45) is -6.26. The third-order valence-corrected chi connectivity index (χ3v) is 5.48. The minimum absolute atomic E-state index is 0.0728. The number of fused-ring (bicyclic) bond motifs is 1. The Hall–Kier alpha value is -3.31. The number of nitrogens with zero attached hydrogens (tertiary/aromatic N) is 8. The average molecular weight is 549 g/mol. The summed E-state index contributed by atoms with van der Waals surface area (Å²) in [6, 6.07) is 1.57. The van der Waals surface area contributed by atoms with Gasteiger partial charge in [-0.25, -0.2) is 15.0 Å². The number of anilines is 3. The maximum Gasteiger partial charge on any atom is 0.411 e. The van der Waals surface area contributed by atoms with Crippen molar-refractivity contribution in [3.05, 3.63) is 24.3 Å². The Labute approximate surface area is 212 Å². The van der Waals surface area contributed by atoms with Gasteiger partial charge < -0.3 is 24.6 Å². The maximum absolute atomic E-state index is 12.7. The Morgan fingerprint density at radius 2 is 1.68 bits per heavy atom. The van der Waals surface area contributed by atoms with Crippen molar-refractivity contribution in [3.8, 4) is 0 Å². The molecule has 0 spiro atoms. The van der Waals surface area contributed by atoms with E-state index in [0.29, 0.717) is 24.9 Å². The third-order valence-electron chi connectivity index (χ3n) is 5.48. The van der Waals surface area contributed by atoms with Crippen LogP contribution in [-0.2, 0) is 22.6 Å². The third kappa shape index (κ3) is 7.61. The van der Waals surface area contributed by atoms with Crippen LogP contribution in [0.2, 0.25) is 0 Å². The molecule has 0 bridgehead atoms. The summed E-state index contributed by atoms with van der Waals surface area (Å²) >= 11 is 0. The van der Waals surface area contributed by atoms with Crippen molar-refractivity contribution in [2.45, 2.75) is 25.5 Å². The van der Waals surface area contributed by atoms with Crippen LogP contribution in [0, 0.1) is 0 Å². The first kappa shape index (κ1) is 27.7. The van der Waals surface area contributed by atoms with Crippen molar-refractivity contribution in [1.29, 1.82) is 0 Å². The summed E-state index contributed by atoms with van der Waals surface area (Å²) in [5.41, 5.74) is 0.523. The zero-order valence-electron chi connectivity index (χ0n) is 20.3. The lowest BCUT2D eigenvalue weighted by Gasteiger charge is -2.32. The van der Waals surface area contributed by atoms with Crippen LogP contribution in [0.5, 0.6) is 0 Å². The number of hydrogen-bond donors (Lipinski definition) is 1. The topological polar surface area (TPSA) is 106 Å². The average Bonchev–Trinajstić information content (AvgIpc) is 3.19. The van der Waals surface area contributed by atoms with E-state index in [9.17, 15) is 26.3 Å². The van der Waals surface area contributed by atoms with Gasteiger partial charge in [-0.1, -0.05) is 0 Å². The molecule has 38 heavy (non-hydrogen) atoms. The van der Waals surface area contributed by atoms with E-state index < -0.39 is 32.2 Å². The molecule has 3 aromatic rings. The first-order chi connectivity index (χ1) is 18.0. The van der Waals surface area contributed by atoms with Gasteiger partial charge in [-0.3, -0.25) is 4.68 Å². The predicted molar refractivity (Wildman–Crippen MR) is 123 cm³/mol. The summed E-state index contributed by atoms with van der Waals surface area (Å²) in [5, 5.41) is 7.35. The largest absolute Gasteiger partial charge is 0.411 e. The Bertz CT molecular complexity index is 1200. The molecule has 0 unspecified atom stereocenters. The van der Waals surface area contributed by atoms with E-state index in [0.717, 1.165) is 13.1 Å². The Morgan fingerprint density at radius 3 is 2.34 bits per heavy atom. The summed E-state index contributed by atoms with van der Waals surface area (Å²) in [4.78, 5) is 21.2. The number of piperazine rings is 1. The SMILES string of the molecule is CN1CCN(c2nc(Nc3ccncn3)c3c(n2)c(COCC(F)(F)F)nn3CCOCC(F)(F)F)CC1. The molecule has 4 rings (SSSR count). The van der Waals surface area contributed by atoms with Crippen molar-refractivity contribution in [2.24, 2.45) is 0 Å². The van der Waals surface area contributed by atoms with E-state index in [1.165, 1.54) is 17.2 Å². The van der Waals surface area contributed by atoms with Crippen molar-refractivity contribution in [1.82, 2.24) is 34.6 Å². The van der Waals surface area contributed by atoms with Crippen molar-refractivity contribution in [3.63, 3.8) is 0 Å². The first-order valence-electron chi connectivity index (χ1n) is 11.5. The lowest BCUT2D eigenvalue weighted by Crippen LogP contribution is -2.45. The van der Waals surface area contributed by atoms with Crippen LogP contribution >= 0.6 is 0 Å². The molecule has 0 saturated carbocycles.